The molecule has 3 heteroatoms. The molecule has 0 radical (unpaired) electrons. The lowest BCUT2D eigenvalue weighted by Crippen LogP contribution is -2.31. The van der Waals surface area contributed by atoms with Gasteiger partial charge in [0.2, 0.25) is 0 Å². The average Bonchev–Trinajstić information content (AvgIpc) is 2.24. The number of aryl methyl sites for hydroxylation is 1. The molecule has 0 aromatic heterocycles. The van der Waals surface area contributed by atoms with Crippen molar-refractivity contribution in [3.63, 3.8) is 0 Å². The van der Waals surface area contributed by atoms with Gasteiger partial charge in [-0.05, 0) is 19.1 Å². The highest BCUT2D eigenvalue weighted by molar-refractivity contribution is 7.66. The number of benzene rings is 1. The quantitative estimate of drug-likeness (QED) is 0.704. The summed E-state index contributed by atoms with van der Waals surface area (Å²) in [6.07, 6.45) is 0.295. The summed E-state index contributed by atoms with van der Waals surface area (Å²) >= 11 is 0. The van der Waals surface area contributed by atoms with Gasteiger partial charge in [-0.3, -0.25) is 0 Å². The van der Waals surface area contributed by atoms with E-state index in [0.29, 0.717) is 6.35 Å². The van der Waals surface area contributed by atoms with Crippen LogP contribution >= 0.6 is 7.14 Å². The molecule has 0 spiro atoms. The van der Waals surface area contributed by atoms with Crippen LogP contribution in [0.4, 0.5) is 0 Å². The Bertz CT molecular complexity index is 443. The first kappa shape index (κ1) is 16.3. The Balaban J connectivity index is 2.93. The second-order valence-corrected chi connectivity index (χ2v) is 11.6. The van der Waals surface area contributed by atoms with Crippen LogP contribution in [0.15, 0.2) is 24.3 Å². The van der Waals surface area contributed by atoms with Crippen LogP contribution in [0.2, 0.25) is 0 Å². The molecule has 0 saturated carbocycles. The monoisotopic (exact) mass is 282 g/mol. The maximum atomic E-state index is 13.4. The first-order valence-corrected chi connectivity index (χ1v) is 8.65. The molecular formula is C16H27O2P. The van der Waals surface area contributed by atoms with E-state index in [2.05, 4.69) is 0 Å². The van der Waals surface area contributed by atoms with Crippen molar-refractivity contribution < 1.29 is 9.30 Å². The van der Waals surface area contributed by atoms with E-state index in [1.54, 1.807) is 0 Å². The predicted octanol–water partition coefficient (Wildman–Crippen LogP) is 5.29. The van der Waals surface area contributed by atoms with Crippen LogP contribution in [0.3, 0.4) is 0 Å². The molecular weight excluding hydrogens is 255 g/mol. The van der Waals surface area contributed by atoms with Crippen molar-refractivity contribution in [1.29, 1.82) is 0 Å². The first-order valence-electron chi connectivity index (χ1n) is 6.76. The summed E-state index contributed by atoms with van der Waals surface area (Å²) < 4.78 is 19.2. The SMILES string of the molecule is Cc1ccc(OCP(=O)(C(C)(C)C)C(C)(C)C)cc1. The summed E-state index contributed by atoms with van der Waals surface area (Å²) in [6.45, 7) is 14.3. The lowest BCUT2D eigenvalue weighted by atomic mass is 10.2. The fraction of sp³-hybridized carbons (Fsp3) is 0.625. The highest BCUT2D eigenvalue weighted by atomic mass is 31.2. The van der Waals surface area contributed by atoms with Crippen LogP contribution in [0, 0.1) is 6.92 Å². The fourth-order valence-corrected chi connectivity index (χ4v) is 5.31. The summed E-state index contributed by atoms with van der Waals surface area (Å²) in [5.74, 6) is 0.791. The van der Waals surface area contributed by atoms with Crippen LogP contribution in [0.25, 0.3) is 0 Å². The Morgan fingerprint density at radius 1 is 0.947 bits per heavy atom. The molecule has 0 atom stereocenters. The van der Waals surface area contributed by atoms with Gasteiger partial charge in [0.25, 0.3) is 0 Å². The van der Waals surface area contributed by atoms with Gasteiger partial charge in [-0.2, -0.15) is 0 Å². The van der Waals surface area contributed by atoms with Gasteiger partial charge in [0, 0.05) is 10.3 Å². The van der Waals surface area contributed by atoms with Crippen LogP contribution in [0.1, 0.15) is 47.1 Å². The van der Waals surface area contributed by atoms with E-state index in [1.807, 2.05) is 72.7 Å². The Labute approximate surface area is 117 Å². The van der Waals surface area contributed by atoms with Gasteiger partial charge in [0.15, 0.2) is 0 Å². The zero-order chi connectivity index (χ0) is 14.9. The van der Waals surface area contributed by atoms with Gasteiger partial charge < -0.3 is 9.30 Å². The van der Waals surface area contributed by atoms with E-state index >= 15 is 0 Å². The zero-order valence-corrected chi connectivity index (χ0v) is 14.2. The highest BCUT2D eigenvalue weighted by Crippen LogP contribution is 2.66. The molecule has 2 nitrogen and oxygen atoms in total. The van der Waals surface area contributed by atoms with E-state index in [0.717, 1.165) is 5.75 Å². The van der Waals surface area contributed by atoms with Crippen molar-refractivity contribution in [2.24, 2.45) is 0 Å². The molecule has 1 aromatic rings. The number of hydrogen-bond acceptors (Lipinski definition) is 2. The largest absolute Gasteiger partial charge is 0.486 e. The van der Waals surface area contributed by atoms with Crippen LogP contribution < -0.4 is 4.74 Å². The molecule has 0 bridgehead atoms. The molecule has 1 aromatic carbocycles. The Kier molecular flexibility index (Phi) is 4.57. The van der Waals surface area contributed by atoms with Crippen molar-refractivity contribution in [1.82, 2.24) is 0 Å². The third-order valence-electron chi connectivity index (χ3n) is 3.60. The van der Waals surface area contributed by atoms with Gasteiger partial charge in [0.05, 0.1) is 0 Å². The van der Waals surface area contributed by atoms with Gasteiger partial charge in [-0.1, -0.05) is 59.2 Å². The molecule has 108 valence electrons. The van der Waals surface area contributed by atoms with Crippen molar-refractivity contribution in [2.45, 2.75) is 58.8 Å². The molecule has 0 N–H and O–H groups in total. The molecule has 0 unspecified atom stereocenters. The summed E-state index contributed by atoms with van der Waals surface area (Å²) in [5, 5.41) is -0.508. The Morgan fingerprint density at radius 2 is 1.37 bits per heavy atom. The van der Waals surface area contributed by atoms with Crippen molar-refractivity contribution in [3.05, 3.63) is 29.8 Å². The highest BCUT2D eigenvalue weighted by Gasteiger charge is 2.46. The van der Waals surface area contributed by atoms with Crippen molar-refractivity contribution in [3.8, 4) is 5.75 Å². The summed E-state index contributed by atoms with van der Waals surface area (Å²) in [5.41, 5.74) is 1.20. The fourth-order valence-electron chi connectivity index (χ4n) is 2.19. The lowest BCUT2D eigenvalue weighted by Gasteiger charge is -2.40. The summed E-state index contributed by atoms with van der Waals surface area (Å²) in [7, 11) is -2.49. The van der Waals surface area contributed by atoms with Gasteiger partial charge in [0.1, 0.15) is 19.2 Å². The van der Waals surface area contributed by atoms with E-state index in [4.69, 9.17) is 4.74 Å². The zero-order valence-electron chi connectivity index (χ0n) is 13.3. The van der Waals surface area contributed by atoms with Crippen LogP contribution in [-0.2, 0) is 4.57 Å². The van der Waals surface area contributed by atoms with Crippen LogP contribution in [0.5, 0.6) is 5.75 Å². The summed E-state index contributed by atoms with van der Waals surface area (Å²) in [6, 6.07) is 7.89. The normalized spacial score (nSPS) is 13.4. The third kappa shape index (κ3) is 3.63. The maximum Gasteiger partial charge on any atom is 0.142 e. The second-order valence-electron chi connectivity index (χ2n) is 7.17. The topological polar surface area (TPSA) is 26.3 Å². The Morgan fingerprint density at radius 3 is 1.74 bits per heavy atom. The predicted molar refractivity (Wildman–Crippen MR) is 83.8 cm³/mol. The minimum absolute atomic E-state index is 0.254. The van der Waals surface area contributed by atoms with Crippen LogP contribution in [-0.4, -0.2) is 16.7 Å². The molecule has 0 aliphatic rings. The van der Waals surface area contributed by atoms with Gasteiger partial charge in [-0.25, -0.2) is 0 Å². The average molecular weight is 282 g/mol. The van der Waals surface area contributed by atoms with Gasteiger partial charge in [-0.15, -0.1) is 0 Å². The van der Waals surface area contributed by atoms with E-state index in [-0.39, 0.29) is 10.3 Å². The molecule has 0 fully saturated rings. The Hall–Kier alpha value is -0.750. The molecule has 0 aliphatic heterocycles. The van der Waals surface area contributed by atoms with E-state index in [9.17, 15) is 4.57 Å². The van der Waals surface area contributed by atoms with Gasteiger partial charge >= 0.3 is 0 Å². The lowest BCUT2D eigenvalue weighted by molar-refractivity contribution is 0.362. The molecule has 0 aliphatic carbocycles. The first-order chi connectivity index (χ1) is 8.47. The number of rotatable bonds is 3. The summed E-state index contributed by atoms with van der Waals surface area (Å²) in [4.78, 5) is 0. The van der Waals surface area contributed by atoms with Crippen molar-refractivity contribution in [2.75, 3.05) is 6.35 Å². The molecule has 0 amide bonds. The minimum Gasteiger partial charge on any atom is -0.486 e. The molecule has 1 rings (SSSR count). The van der Waals surface area contributed by atoms with Crippen molar-refractivity contribution >= 4 is 7.14 Å². The standard InChI is InChI=1S/C16H27O2P/c1-13-8-10-14(11-9-13)18-12-19(17,15(2,3)4)16(5,6)7/h8-11H,12H2,1-7H3. The smallest absolute Gasteiger partial charge is 0.142 e. The molecule has 0 saturated heterocycles. The minimum atomic E-state index is -2.49. The number of hydrogen-bond donors (Lipinski definition) is 0. The molecule has 0 heterocycles. The maximum absolute atomic E-state index is 13.4. The third-order valence-corrected chi connectivity index (χ3v) is 8.43. The molecule has 19 heavy (non-hydrogen) atoms. The van der Waals surface area contributed by atoms with E-state index in [1.165, 1.54) is 5.56 Å². The van der Waals surface area contributed by atoms with E-state index < -0.39 is 7.14 Å². The second kappa shape index (κ2) is 5.32. The number of ether oxygens (including phenoxy) is 1.